The third-order valence-corrected chi connectivity index (χ3v) is 2.70. The van der Waals surface area contributed by atoms with Crippen molar-refractivity contribution in [3.8, 4) is 0 Å². The Balaban J connectivity index is 2.52. The van der Waals surface area contributed by atoms with Crippen molar-refractivity contribution in [3.63, 3.8) is 0 Å². The molecule has 1 atom stereocenters. The molecule has 0 amide bonds. The Morgan fingerprint density at radius 3 is 3.07 bits per heavy atom. The van der Waals surface area contributed by atoms with Gasteiger partial charge in [-0.05, 0) is 6.92 Å². The van der Waals surface area contributed by atoms with Gasteiger partial charge in [-0.25, -0.2) is 0 Å². The van der Waals surface area contributed by atoms with E-state index in [1.165, 1.54) is 0 Å². The lowest BCUT2D eigenvalue weighted by atomic mass is 9.99. The molecule has 1 aliphatic heterocycles. The van der Waals surface area contributed by atoms with Crippen molar-refractivity contribution in [3.05, 3.63) is 17.0 Å². The molecule has 0 bridgehead atoms. The molecule has 0 fully saturated rings. The van der Waals surface area contributed by atoms with E-state index >= 15 is 0 Å². The van der Waals surface area contributed by atoms with E-state index in [0.717, 1.165) is 23.4 Å². The van der Waals surface area contributed by atoms with E-state index in [4.69, 9.17) is 5.11 Å². The van der Waals surface area contributed by atoms with E-state index in [-0.39, 0.29) is 0 Å². The van der Waals surface area contributed by atoms with E-state index in [1.807, 2.05) is 14.0 Å². The predicted octanol–water partition coefficient (Wildman–Crippen LogP) is -0.0000800. The quantitative estimate of drug-likeness (QED) is 0.662. The van der Waals surface area contributed by atoms with E-state index in [9.17, 15) is 4.79 Å². The number of nitrogens with one attached hydrogen (secondary N) is 1. The Morgan fingerprint density at radius 2 is 2.43 bits per heavy atom. The topological polar surface area (TPSA) is 67.2 Å². The van der Waals surface area contributed by atoms with Crippen LogP contribution in [-0.2, 0) is 18.3 Å². The number of carbonyl (C=O) groups is 1. The van der Waals surface area contributed by atoms with Gasteiger partial charge in [-0.3, -0.25) is 9.48 Å². The van der Waals surface area contributed by atoms with Gasteiger partial charge in [-0.15, -0.1) is 0 Å². The van der Waals surface area contributed by atoms with Crippen LogP contribution in [0, 0.1) is 6.92 Å². The van der Waals surface area contributed by atoms with Crippen LogP contribution in [0.1, 0.15) is 23.0 Å². The van der Waals surface area contributed by atoms with Crippen molar-refractivity contribution < 1.29 is 9.90 Å². The highest BCUT2D eigenvalue weighted by atomic mass is 16.4. The molecule has 1 unspecified atom stereocenters. The van der Waals surface area contributed by atoms with Gasteiger partial charge in [0.1, 0.15) is 6.04 Å². The molecule has 5 nitrogen and oxygen atoms in total. The number of carboxylic acid groups (broad SMARTS) is 1. The van der Waals surface area contributed by atoms with Crippen LogP contribution in [0.4, 0.5) is 0 Å². The molecule has 14 heavy (non-hydrogen) atoms. The van der Waals surface area contributed by atoms with Gasteiger partial charge in [0.25, 0.3) is 0 Å². The summed E-state index contributed by atoms with van der Waals surface area (Å²) in [7, 11) is 1.84. The number of hydrogen-bond acceptors (Lipinski definition) is 3. The standard InChI is InChI=1S/C9H13N3O2/c1-5-7-6(11-12(5)2)3-4-10-8(7)9(13)14/h8,10H,3-4H2,1-2H3,(H,13,14). The normalized spacial score (nSPS) is 20.6. The first kappa shape index (κ1) is 9.21. The van der Waals surface area contributed by atoms with Crippen molar-refractivity contribution in [2.45, 2.75) is 19.4 Å². The summed E-state index contributed by atoms with van der Waals surface area (Å²) in [5, 5.41) is 16.3. The molecule has 2 N–H and O–H groups in total. The van der Waals surface area contributed by atoms with Crippen LogP contribution in [-0.4, -0.2) is 27.4 Å². The molecule has 0 saturated heterocycles. The van der Waals surface area contributed by atoms with Gasteiger partial charge in [-0.1, -0.05) is 0 Å². The molecule has 2 heterocycles. The zero-order chi connectivity index (χ0) is 10.3. The second kappa shape index (κ2) is 3.09. The van der Waals surface area contributed by atoms with Crippen molar-refractivity contribution in [1.29, 1.82) is 0 Å². The fourth-order valence-corrected chi connectivity index (χ4v) is 1.90. The second-order valence-electron chi connectivity index (χ2n) is 3.54. The Kier molecular flexibility index (Phi) is 2.03. The smallest absolute Gasteiger partial charge is 0.325 e. The summed E-state index contributed by atoms with van der Waals surface area (Å²) in [5.74, 6) is -0.831. The summed E-state index contributed by atoms with van der Waals surface area (Å²) in [4.78, 5) is 11.0. The minimum Gasteiger partial charge on any atom is -0.480 e. The van der Waals surface area contributed by atoms with Crippen molar-refractivity contribution in [1.82, 2.24) is 15.1 Å². The van der Waals surface area contributed by atoms with Crippen LogP contribution in [0.2, 0.25) is 0 Å². The van der Waals surface area contributed by atoms with Gasteiger partial charge in [0, 0.05) is 31.3 Å². The maximum Gasteiger partial charge on any atom is 0.325 e. The number of aromatic nitrogens is 2. The fraction of sp³-hybridized carbons (Fsp3) is 0.556. The average molecular weight is 195 g/mol. The van der Waals surface area contributed by atoms with Gasteiger partial charge in [0.2, 0.25) is 0 Å². The number of nitrogens with zero attached hydrogens (tertiary/aromatic N) is 2. The highest BCUT2D eigenvalue weighted by Crippen LogP contribution is 2.25. The van der Waals surface area contributed by atoms with Crippen LogP contribution in [0.3, 0.4) is 0 Å². The van der Waals surface area contributed by atoms with Crippen LogP contribution in [0.5, 0.6) is 0 Å². The first-order chi connectivity index (χ1) is 6.61. The number of fused-ring (bicyclic) bond motifs is 1. The SMILES string of the molecule is Cc1c2c(nn1C)CCNC2C(=O)O. The molecule has 5 heteroatoms. The number of carboxylic acids is 1. The maximum atomic E-state index is 11.0. The molecule has 0 aliphatic carbocycles. The molecular weight excluding hydrogens is 182 g/mol. The predicted molar refractivity (Wildman–Crippen MR) is 50.0 cm³/mol. The first-order valence-electron chi connectivity index (χ1n) is 4.60. The van der Waals surface area contributed by atoms with E-state index in [2.05, 4.69) is 10.4 Å². The highest BCUT2D eigenvalue weighted by molar-refractivity contribution is 5.76. The lowest BCUT2D eigenvalue weighted by Crippen LogP contribution is -2.35. The Labute approximate surface area is 81.7 Å². The van der Waals surface area contributed by atoms with Crippen molar-refractivity contribution in [2.24, 2.45) is 7.05 Å². The molecular formula is C9H13N3O2. The molecule has 1 aliphatic rings. The summed E-state index contributed by atoms with van der Waals surface area (Å²) in [5.41, 5.74) is 2.68. The molecule has 76 valence electrons. The largest absolute Gasteiger partial charge is 0.480 e. The molecule has 0 radical (unpaired) electrons. The minimum absolute atomic E-state index is 0.590. The van der Waals surface area contributed by atoms with Gasteiger partial charge in [-0.2, -0.15) is 5.10 Å². The Bertz CT molecular complexity index is 384. The number of rotatable bonds is 1. The van der Waals surface area contributed by atoms with Crippen LogP contribution < -0.4 is 5.32 Å². The molecule has 2 rings (SSSR count). The zero-order valence-electron chi connectivity index (χ0n) is 8.24. The van der Waals surface area contributed by atoms with Crippen LogP contribution in [0.25, 0.3) is 0 Å². The van der Waals surface area contributed by atoms with Crippen LogP contribution >= 0.6 is 0 Å². The van der Waals surface area contributed by atoms with E-state index in [0.29, 0.717) is 6.54 Å². The Morgan fingerprint density at radius 1 is 1.71 bits per heavy atom. The minimum atomic E-state index is -0.831. The summed E-state index contributed by atoms with van der Waals surface area (Å²) >= 11 is 0. The maximum absolute atomic E-state index is 11.0. The highest BCUT2D eigenvalue weighted by Gasteiger charge is 2.30. The molecule has 1 aromatic heterocycles. The van der Waals surface area contributed by atoms with Crippen molar-refractivity contribution in [2.75, 3.05) is 6.54 Å². The number of aryl methyl sites for hydroxylation is 1. The zero-order valence-corrected chi connectivity index (χ0v) is 8.24. The molecule has 1 aromatic rings. The number of aliphatic carboxylic acids is 1. The van der Waals surface area contributed by atoms with Crippen molar-refractivity contribution >= 4 is 5.97 Å². The molecule has 0 saturated carbocycles. The lowest BCUT2D eigenvalue weighted by Gasteiger charge is -2.20. The average Bonchev–Trinajstić information content (AvgIpc) is 2.43. The molecule has 0 aromatic carbocycles. The Hall–Kier alpha value is -1.36. The van der Waals surface area contributed by atoms with Gasteiger partial charge in [0.15, 0.2) is 0 Å². The van der Waals surface area contributed by atoms with Gasteiger partial charge < -0.3 is 10.4 Å². The summed E-state index contributed by atoms with van der Waals surface area (Å²) in [6.07, 6.45) is 0.806. The number of hydrogen-bond donors (Lipinski definition) is 2. The summed E-state index contributed by atoms with van der Waals surface area (Å²) in [6.45, 7) is 2.58. The first-order valence-corrected chi connectivity index (χ1v) is 4.60. The third-order valence-electron chi connectivity index (χ3n) is 2.70. The fourth-order valence-electron chi connectivity index (χ4n) is 1.90. The monoisotopic (exact) mass is 195 g/mol. The summed E-state index contributed by atoms with van der Waals surface area (Å²) < 4.78 is 1.74. The lowest BCUT2D eigenvalue weighted by molar-refractivity contribution is -0.139. The molecule has 0 spiro atoms. The summed E-state index contributed by atoms with van der Waals surface area (Å²) in [6, 6.07) is -0.590. The van der Waals surface area contributed by atoms with Crippen LogP contribution in [0.15, 0.2) is 0 Å². The van der Waals surface area contributed by atoms with Gasteiger partial charge in [0.05, 0.1) is 5.69 Å². The van der Waals surface area contributed by atoms with Gasteiger partial charge >= 0.3 is 5.97 Å². The van der Waals surface area contributed by atoms with E-state index < -0.39 is 12.0 Å². The van der Waals surface area contributed by atoms with E-state index in [1.54, 1.807) is 4.68 Å². The third kappa shape index (κ3) is 1.21. The second-order valence-corrected chi connectivity index (χ2v) is 3.54.